The van der Waals surface area contributed by atoms with E-state index in [0.29, 0.717) is 6.61 Å². The molecule has 1 N–H and O–H groups in total. The van der Waals surface area contributed by atoms with Crippen molar-refractivity contribution in [1.29, 1.82) is 0 Å². The highest BCUT2D eigenvalue weighted by Crippen LogP contribution is 2.13. The Hall–Kier alpha value is -1.17. The van der Waals surface area contributed by atoms with Crippen molar-refractivity contribution in [1.82, 2.24) is 0 Å². The van der Waals surface area contributed by atoms with Gasteiger partial charge in [-0.25, -0.2) is 10.1 Å². The molecule has 0 rings (SSSR count). The van der Waals surface area contributed by atoms with Gasteiger partial charge in [-0.1, -0.05) is 103 Å². The number of unbranched alkanes of at least 4 members (excludes halogenated alkanes) is 15. The fourth-order valence-electron chi connectivity index (χ4n) is 2.85. The Bertz CT molecular complexity index is 352. The smallest absolute Gasteiger partial charge is 0.0855 e. The van der Waals surface area contributed by atoms with E-state index >= 15 is 0 Å². The molecular weight excluding hydrogens is 450 g/mol. The lowest BCUT2D eigenvalue weighted by molar-refractivity contribution is -0.862. The number of nitrogens with zero attached hydrogens (tertiary/aromatic N) is 3. The molecule has 0 aromatic carbocycles. The first-order chi connectivity index (χ1) is 16.3. The summed E-state index contributed by atoms with van der Waals surface area (Å²) in [6, 6.07) is 0. The van der Waals surface area contributed by atoms with Gasteiger partial charge in [0.15, 0.2) is 0 Å². The van der Waals surface area contributed by atoms with Crippen LogP contribution in [0.4, 0.5) is 0 Å². The molecule has 0 radical (unpaired) electrons. The van der Waals surface area contributed by atoms with Crippen LogP contribution in [-0.2, 0) is 55.3 Å². The van der Waals surface area contributed by atoms with Crippen molar-refractivity contribution in [3.8, 4) is 0 Å². The van der Waals surface area contributed by atoms with Crippen molar-refractivity contribution in [3.63, 3.8) is 0 Å². The molecule has 0 aromatic rings. The van der Waals surface area contributed by atoms with Crippen LogP contribution in [0.1, 0.15) is 110 Å². The molecule has 33 heavy (non-hydrogen) atoms. The van der Waals surface area contributed by atoms with Gasteiger partial charge in [0.1, 0.15) is 0 Å². The highest BCUT2D eigenvalue weighted by molar-refractivity contribution is 4.49. The van der Waals surface area contributed by atoms with E-state index in [0.717, 1.165) is 12.8 Å². The molecule has 0 aliphatic rings. The van der Waals surface area contributed by atoms with E-state index in [9.17, 15) is 0 Å². The first-order valence-electron chi connectivity index (χ1n) is 11.2. The van der Waals surface area contributed by atoms with Crippen molar-refractivity contribution in [2.45, 2.75) is 110 Å². The largest absolute Gasteiger partial charge is 0.373 e. The molecule has 0 saturated carbocycles. The van der Waals surface area contributed by atoms with E-state index in [2.05, 4.69) is 62.2 Å². The van der Waals surface area contributed by atoms with Crippen molar-refractivity contribution in [2.75, 3.05) is 6.61 Å². The van der Waals surface area contributed by atoms with Crippen LogP contribution in [0.15, 0.2) is 0 Å². The summed E-state index contributed by atoms with van der Waals surface area (Å²) in [5.41, 5.74) is 13.5. The van der Waals surface area contributed by atoms with Gasteiger partial charge in [0.2, 0.25) is 0 Å². The fourth-order valence-corrected chi connectivity index (χ4v) is 2.85. The maximum absolute atomic E-state index is 7.62. The Morgan fingerprint density at radius 3 is 1.15 bits per heavy atom. The molecule has 0 heterocycles. The van der Waals surface area contributed by atoms with E-state index in [4.69, 9.17) is 16.3 Å². The van der Waals surface area contributed by atoms with Crippen molar-refractivity contribution >= 4 is 0 Å². The van der Waals surface area contributed by atoms with Crippen LogP contribution < -0.4 is 0 Å². The molecule has 0 aliphatic heterocycles. The molecule has 0 aromatic heterocycles. The lowest BCUT2D eigenvalue weighted by Gasteiger charge is -2.03. The van der Waals surface area contributed by atoms with E-state index in [1.165, 1.54) is 94.8 Å². The molecule has 0 atom stereocenters. The van der Waals surface area contributed by atoms with E-state index in [1.54, 1.807) is 0 Å². The molecule has 15 nitrogen and oxygen atoms in total. The monoisotopic (exact) mass is 488 g/mol. The second-order valence-electron chi connectivity index (χ2n) is 6.90. The minimum absolute atomic E-state index is 0.342. The topological polar surface area (TPSA) is 180 Å². The maximum Gasteiger partial charge on any atom is 0.0855 e. The van der Waals surface area contributed by atoms with E-state index in [-0.39, 0.29) is 0 Å². The summed E-state index contributed by atoms with van der Waals surface area (Å²) in [4.78, 5) is 6.17. The summed E-state index contributed by atoms with van der Waals surface area (Å²) in [6.45, 7) is 2.60. The summed E-state index contributed by atoms with van der Waals surface area (Å²) < 4.78 is 0. The predicted molar refractivity (Wildman–Crippen MR) is 109 cm³/mol. The summed E-state index contributed by atoms with van der Waals surface area (Å²) >= 11 is 0. The Morgan fingerprint density at radius 1 is 0.485 bits per heavy atom. The van der Waals surface area contributed by atoms with Crippen LogP contribution >= 0.6 is 0 Å². The quantitative estimate of drug-likeness (QED) is 0.0315. The Kier molecular flexibility index (Phi) is 36.5. The standard InChI is InChI=1S/C18H38O12.N3/c1-2-3-4-5-6-7-8-9-10-11-12-13-14-15-16-17-18-20-22-24-26-28-30-29-27-25-23-21-19;1-3-2/h19H,2-18H2,1H3;/q;-1. The lowest BCUT2D eigenvalue weighted by atomic mass is 10.0. The molecule has 0 bridgehead atoms. The molecule has 0 amide bonds. The summed E-state index contributed by atoms with van der Waals surface area (Å²) in [7, 11) is 0. The summed E-state index contributed by atoms with van der Waals surface area (Å²) in [5.74, 6) is 0. The number of hydrogen-bond donors (Lipinski definition) is 1. The lowest BCUT2D eigenvalue weighted by Crippen LogP contribution is -2.04. The average molecular weight is 489 g/mol. The fraction of sp³-hybridized carbons (Fsp3) is 1.00. The van der Waals surface area contributed by atoms with E-state index < -0.39 is 0 Å². The zero-order chi connectivity index (χ0) is 24.5. The Labute approximate surface area is 193 Å². The van der Waals surface area contributed by atoms with Crippen molar-refractivity contribution < 1.29 is 60.5 Å². The van der Waals surface area contributed by atoms with Gasteiger partial charge in [-0.15, -0.1) is 0 Å². The van der Waals surface area contributed by atoms with Gasteiger partial charge >= 0.3 is 0 Å². The molecule has 0 aliphatic carbocycles. The van der Waals surface area contributed by atoms with Crippen LogP contribution in [-0.4, -0.2) is 11.9 Å². The zero-order valence-electron chi connectivity index (χ0n) is 19.3. The Balaban J connectivity index is 0. The normalized spacial score (nSPS) is 10.6. The summed E-state index contributed by atoms with van der Waals surface area (Å²) in [6.07, 6.45) is 20.8. The molecule has 15 heteroatoms. The van der Waals surface area contributed by atoms with Gasteiger partial charge < -0.3 is 11.1 Å². The van der Waals surface area contributed by atoms with Crippen LogP contribution in [0.3, 0.4) is 0 Å². The summed E-state index contributed by atoms with van der Waals surface area (Å²) in [5, 5.41) is 44.0. The first-order valence-corrected chi connectivity index (χ1v) is 11.2. The number of rotatable bonds is 27. The maximum atomic E-state index is 7.62. The second kappa shape index (κ2) is 35.4. The molecule has 0 unspecified atom stereocenters. The molecule has 198 valence electrons. The van der Waals surface area contributed by atoms with Crippen molar-refractivity contribution in [3.05, 3.63) is 16.0 Å². The van der Waals surface area contributed by atoms with Gasteiger partial charge in [0, 0.05) is 0 Å². The molecule has 0 fully saturated rings. The van der Waals surface area contributed by atoms with Gasteiger partial charge in [-0.3, -0.25) is 4.91 Å². The zero-order valence-corrected chi connectivity index (χ0v) is 19.3. The third kappa shape index (κ3) is 38.4. The second-order valence-corrected chi connectivity index (χ2v) is 6.90. The molecule has 0 saturated heterocycles. The minimum atomic E-state index is 0.342. The predicted octanol–water partition coefficient (Wildman–Crippen LogP) is 6.92. The van der Waals surface area contributed by atoms with Crippen LogP contribution in [0.5, 0.6) is 0 Å². The Morgan fingerprint density at radius 2 is 0.788 bits per heavy atom. The third-order valence-corrected chi connectivity index (χ3v) is 4.38. The number of hydrogen-bond acceptors (Lipinski definition) is 12. The third-order valence-electron chi connectivity index (χ3n) is 4.38. The first kappa shape index (κ1) is 34.0. The van der Waals surface area contributed by atoms with Crippen LogP contribution in [0.25, 0.3) is 16.0 Å². The molecular formula is C18H38N3O12-. The van der Waals surface area contributed by atoms with Crippen molar-refractivity contribution in [2.24, 2.45) is 0 Å². The van der Waals surface area contributed by atoms with Gasteiger partial charge in [0.25, 0.3) is 0 Å². The van der Waals surface area contributed by atoms with Gasteiger partial charge in [-0.05, 0) is 56.8 Å². The van der Waals surface area contributed by atoms with E-state index in [1.807, 2.05) is 0 Å². The average Bonchev–Trinajstić information content (AvgIpc) is 2.82. The van der Waals surface area contributed by atoms with Crippen LogP contribution in [0, 0.1) is 0 Å². The minimum Gasteiger partial charge on any atom is -0.373 e. The van der Waals surface area contributed by atoms with Gasteiger partial charge in [0.05, 0.1) is 6.61 Å². The SMILES string of the molecule is CCCCCCCCCCCCCCCCCCOOOOOOOOOOOO.[N-]=[N+]=[N-]. The van der Waals surface area contributed by atoms with Gasteiger partial charge in [-0.2, -0.15) is 0 Å². The van der Waals surface area contributed by atoms with Crippen LogP contribution in [0.2, 0.25) is 0 Å². The highest BCUT2D eigenvalue weighted by atomic mass is 18.0. The highest BCUT2D eigenvalue weighted by Gasteiger charge is 1.98. The molecule has 0 spiro atoms.